The van der Waals surface area contributed by atoms with Crippen molar-refractivity contribution in [2.45, 2.75) is 31.8 Å². The van der Waals surface area contributed by atoms with E-state index < -0.39 is 6.04 Å². The minimum atomic E-state index is -0.430. The number of nitrogens with zero attached hydrogens (tertiary/aromatic N) is 2. The Morgan fingerprint density at radius 3 is 2.55 bits per heavy atom. The average Bonchev–Trinajstić information content (AvgIpc) is 3.30. The second-order valence-corrected chi connectivity index (χ2v) is 5.61. The predicted octanol–water partition coefficient (Wildman–Crippen LogP) is 1.10. The molecular formula is C16H20N4O2. The molecule has 2 N–H and O–H groups in total. The highest BCUT2D eigenvalue weighted by Gasteiger charge is 2.25. The van der Waals surface area contributed by atoms with Crippen LogP contribution in [-0.4, -0.2) is 42.4 Å². The predicted molar refractivity (Wildman–Crippen MR) is 83.0 cm³/mol. The van der Waals surface area contributed by atoms with Crippen molar-refractivity contribution in [2.24, 2.45) is 0 Å². The van der Waals surface area contributed by atoms with Crippen molar-refractivity contribution < 1.29 is 9.59 Å². The first-order valence-corrected chi connectivity index (χ1v) is 7.30. The number of hydrogen-bond donors (Lipinski definition) is 2. The smallest absolute Gasteiger partial charge is 0.241 e. The van der Waals surface area contributed by atoms with Crippen LogP contribution in [0, 0.1) is 11.3 Å². The van der Waals surface area contributed by atoms with E-state index in [0.717, 1.165) is 12.8 Å². The maximum Gasteiger partial charge on any atom is 0.241 e. The maximum atomic E-state index is 12.2. The van der Waals surface area contributed by atoms with Gasteiger partial charge in [-0.15, -0.1) is 0 Å². The van der Waals surface area contributed by atoms with Crippen LogP contribution in [0.3, 0.4) is 0 Å². The molecule has 116 valence electrons. The summed E-state index contributed by atoms with van der Waals surface area (Å²) in [6.45, 7) is 1.95. The normalized spacial score (nSPS) is 15.0. The first-order chi connectivity index (χ1) is 10.5. The Balaban J connectivity index is 1.84. The number of nitriles is 1. The van der Waals surface area contributed by atoms with Crippen molar-refractivity contribution in [1.82, 2.24) is 10.2 Å². The molecule has 1 atom stereocenters. The van der Waals surface area contributed by atoms with Gasteiger partial charge in [0.1, 0.15) is 0 Å². The SMILES string of the molecule is C[C@H](C(=O)Nc1ccc(C#N)cc1)N(C)CC(=O)NC1CC1. The van der Waals surface area contributed by atoms with Crippen LogP contribution in [-0.2, 0) is 9.59 Å². The largest absolute Gasteiger partial charge is 0.352 e. The number of benzene rings is 1. The molecule has 0 unspecified atom stereocenters. The Morgan fingerprint density at radius 2 is 2.00 bits per heavy atom. The Labute approximate surface area is 130 Å². The second kappa shape index (κ2) is 7.05. The van der Waals surface area contributed by atoms with Gasteiger partial charge < -0.3 is 10.6 Å². The van der Waals surface area contributed by atoms with Crippen LogP contribution in [0.25, 0.3) is 0 Å². The number of carbonyl (C=O) groups excluding carboxylic acids is 2. The monoisotopic (exact) mass is 300 g/mol. The summed E-state index contributed by atoms with van der Waals surface area (Å²) in [5, 5.41) is 14.4. The molecule has 1 aromatic carbocycles. The summed E-state index contributed by atoms with van der Waals surface area (Å²) in [4.78, 5) is 25.6. The fourth-order valence-electron chi connectivity index (χ4n) is 1.94. The molecule has 2 rings (SSSR count). The summed E-state index contributed by atoms with van der Waals surface area (Å²) in [6.07, 6.45) is 2.09. The van der Waals surface area contributed by atoms with Gasteiger partial charge in [-0.3, -0.25) is 14.5 Å². The fourth-order valence-corrected chi connectivity index (χ4v) is 1.94. The molecular weight excluding hydrogens is 280 g/mol. The third kappa shape index (κ3) is 4.57. The van der Waals surface area contributed by atoms with Crippen LogP contribution in [0.1, 0.15) is 25.3 Å². The van der Waals surface area contributed by atoms with Crippen LogP contribution in [0.4, 0.5) is 5.69 Å². The van der Waals surface area contributed by atoms with Crippen LogP contribution in [0.2, 0.25) is 0 Å². The summed E-state index contributed by atoms with van der Waals surface area (Å²) < 4.78 is 0. The molecule has 0 saturated heterocycles. The minimum Gasteiger partial charge on any atom is -0.352 e. The van der Waals surface area contributed by atoms with Gasteiger partial charge in [0.25, 0.3) is 0 Å². The van der Waals surface area contributed by atoms with E-state index in [0.29, 0.717) is 17.3 Å². The first kappa shape index (κ1) is 16.0. The van der Waals surface area contributed by atoms with Crippen molar-refractivity contribution in [2.75, 3.05) is 18.9 Å². The number of rotatable bonds is 6. The van der Waals surface area contributed by atoms with Gasteiger partial charge in [0.05, 0.1) is 24.2 Å². The lowest BCUT2D eigenvalue weighted by Crippen LogP contribution is -2.45. The number of hydrogen-bond acceptors (Lipinski definition) is 4. The zero-order chi connectivity index (χ0) is 16.1. The molecule has 0 spiro atoms. The lowest BCUT2D eigenvalue weighted by atomic mass is 10.2. The van der Waals surface area contributed by atoms with Gasteiger partial charge in [-0.05, 0) is 51.1 Å². The molecule has 6 heteroatoms. The van der Waals surface area contributed by atoms with Crippen LogP contribution >= 0.6 is 0 Å². The molecule has 1 aliphatic rings. The van der Waals surface area contributed by atoms with Crippen LogP contribution < -0.4 is 10.6 Å². The summed E-state index contributed by atoms with van der Waals surface area (Å²) in [5.41, 5.74) is 1.17. The Bertz CT molecular complexity index is 587. The molecule has 1 aliphatic carbocycles. The average molecular weight is 300 g/mol. The molecule has 22 heavy (non-hydrogen) atoms. The summed E-state index contributed by atoms with van der Waals surface area (Å²) in [7, 11) is 1.75. The van der Waals surface area contributed by atoms with Gasteiger partial charge in [0.15, 0.2) is 0 Å². The highest BCUT2D eigenvalue weighted by atomic mass is 16.2. The van der Waals surface area contributed by atoms with Gasteiger partial charge in [-0.2, -0.15) is 5.26 Å². The first-order valence-electron chi connectivity index (χ1n) is 7.30. The standard InChI is InChI=1S/C16H20N4O2/c1-11(20(2)10-15(21)18-13-7-8-13)16(22)19-14-5-3-12(9-17)4-6-14/h3-6,11,13H,7-8,10H2,1-2H3,(H,18,21)(H,19,22)/t11-/m1/s1. The zero-order valence-corrected chi connectivity index (χ0v) is 12.8. The lowest BCUT2D eigenvalue weighted by molar-refractivity contribution is -0.124. The molecule has 2 amide bonds. The fraction of sp³-hybridized carbons (Fsp3) is 0.438. The van der Waals surface area contributed by atoms with E-state index in [1.165, 1.54) is 0 Å². The number of carbonyl (C=O) groups is 2. The molecule has 0 aliphatic heterocycles. The van der Waals surface area contributed by atoms with Crippen molar-refractivity contribution in [3.05, 3.63) is 29.8 Å². The number of anilines is 1. The van der Waals surface area contributed by atoms with E-state index >= 15 is 0 Å². The Hall–Kier alpha value is -2.39. The van der Waals surface area contributed by atoms with Crippen LogP contribution in [0.15, 0.2) is 24.3 Å². The molecule has 1 aromatic rings. The number of amides is 2. The van der Waals surface area contributed by atoms with Gasteiger partial charge in [-0.1, -0.05) is 0 Å². The molecule has 1 saturated carbocycles. The van der Waals surface area contributed by atoms with E-state index in [-0.39, 0.29) is 18.4 Å². The van der Waals surface area contributed by atoms with Crippen molar-refractivity contribution in [3.63, 3.8) is 0 Å². The van der Waals surface area contributed by atoms with Gasteiger partial charge in [-0.25, -0.2) is 0 Å². The quantitative estimate of drug-likeness (QED) is 0.823. The van der Waals surface area contributed by atoms with E-state index in [9.17, 15) is 9.59 Å². The minimum absolute atomic E-state index is 0.0528. The maximum absolute atomic E-state index is 12.2. The summed E-state index contributed by atoms with van der Waals surface area (Å²) >= 11 is 0. The van der Waals surface area contributed by atoms with Crippen molar-refractivity contribution in [3.8, 4) is 6.07 Å². The second-order valence-electron chi connectivity index (χ2n) is 5.61. The van der Waals surface area contributed by atoms with Gasteiger partial charge in [0, 0.05) is 11.7 Å². The Morgan fingerprint density at radius 1 is 1.36 bits per heavy atom. The van der Waals surface area contributed by atoms with Crippen LogP contribution in [0.5, 0.6) is 0 Å². The molecule has 0 radical (unpaired) electrons. The van der Waals surface area contributed by atoms with E-state index in [2.05, 4.69) is 10.6 Å². The highest BCUT2D eigenvalue weighted by Crippen LogP contribution is 2.18. The Kier molecular flexibility index (Phi) is 5.12. The molecule has 1 fully saturated rings. The van der Waals surface area contributed by atoms with Crippen molar-refractivity contribution >= 4 is 17.5 Å². The summed E-state index contributed by atoms with van der Waals surface area (Å²) in [5.74, 6) is -0.241. The molecule has 0 bridgehead atoms. The van der Waals surface area contributed by atoms with E-state index in [4.69, 9.17) is 5.26 Å². The van der Waals surface area contributed by atoms with Gasteiger partial charge in [0.2, 0.25) is 11.8 Å². The summed E-state index contributed by atoms with van der Waals surface area (Å²) in [6, 6.07) is 8.58. The molecule has 6 nitrogen and oxygen atoms in total. The topological polar surface area (TPSA) is 85.2 Å². The number of likely N-dealkylation sites (N-methyl/N-ethyl adjacent to an activating group) is 1. The third-order valence-electron chi connectivity index (χ3n) is 3.66. The third-order valence-corrected chi connectivity index (χ3v) is 3.66. The van der Waals surface area contributed by atoms with E-state index in [1.807, 2.05) is 6.07 Å². The zero-order valence-electron chi connectivity index (χ0n) is 12.8. The van der Waals surface area contributed by atoms with E-state index in [1.54, 1.807) is 43.1 Å². The van der Waals surface area contributed by atoms with Crippen molar-refractivity contribution in [1.29, 1.82) is 5.26 Å². The number of nitrogens with one attached hydrogen (secondary N) is 2. The molecule has 0 heterocycles. The van der Waals surface area contributed by atoms with Gasteiger partial charge >= 0.3 is 0 Å². The molecule has 0 aromatic heterocycles. The lowest BCUT2D eigenvalue weighted by Gasteiger charge is -2.23. The highest BCUT2D eigenvalue weighted by molar-refractivity contribution is 5.95.